The summed E-state index contributed by atoms with van der Waals surface area (Å²) in [6.07, 6.45) is 2.52. The van der Waals surface area contributed by atoms with Gasteiger partial charge < -0.3 is 19.9 Å². The van der Waals surface area contributed by atoms with Crippen molar-refractivity contribution in [1.29, 1.82) is 0 Å². The fraction of sp³-hybridized carbons (Fsp3) is 0.875. The molecule has 0 bridgehead atoms. The van der Waals surface area contributed by atoms with Crippen LogP contribution in [0.25, 0.3) is 0 Å². The van der Waals surface area contributed by atoms with E-state index in [2.05, 4.69) is 26.1 Å². The number of amides is 3. The number of carbonyl (C=O) groups is 2. The highest BCUT2D eigenvalue weighted by Crippen LogP contribution is 2.38. The van der Waals surface area contributed by atoms with Gasteiger partial charge in [0.25, 0.3) is 0 Å². The third-order valence-electron chi connectivity index (χ3n) is 4.85. The highest BCUT2D eigenvalue weighted by molar-refractivity contribution is 5.75. The van der Waals surface area contributed by atoms with Crippen molar-refractivity contribution in [3.63, 3.8) is 0 Å². The third kappa shape index (κ3) is 4.27. The molecule has 2 unspecified atom stereocenters. The maximum atomic E-state index is 12.5. The van der Waals surface area contributed by atoms with Crippen LogP contribution in [-0.2, 0) is 4.74 Å². The highest BCUT2D eigenvalue weighted by Gasteiger charge is 2.36. The molecular weight excluding hydrogens is 282 g/mol. The van der Waals surface area contributed by atoms with Crippen LogP contribution in [0, 0.1) is 11.8 Å². The van der Waals surface area contributed by atoms with E-state index >= 15 is 0 Å². The first-order valence-electron chi connectivity index (χ1n) is 8.32. The number of nitrogens with zero attached hydrogens (tertiary/aromatic N) is 2. The summed E-state index contributed by atoms with van der Waals surface area (Å²) in [4.78, 5) is 27.6. The maximum Gasteiger partial charge on any atom is 0.409 e. The van der Waals surface area contributed by atoms with Crippen molar-refractivity contribution in [2.45, 2.75) is 52.1 Å². The number of nitrogens with one attached hydrogen (secondary N) is 1. The first-order valence-corrected chi connectivity index (χ1v) is 8.32. The Morgan fingerprint density at radius 3 is 2.36 bits per heavy atom. The van der Waals surface area contributed by atoms with Gasteiger partial charge in [0, 0.05) is 31.7 Å². The third-order valence-corrected chi connectivity index (χ3v) is 4.85. The van der Waals surface area contributed by atoms with Crippen LogP contribution < -0.4 is 5.32 Å². The first-order chi connectivity index (χ1) is 10.4. The minimum Gasteiger partial charge on any atom is -0.453 e. The fourth-order valence-electron chi connectivity index (χ4n) is 3.03. The second-order valence-corrected chi connectivity index (χ2v) is 6.90. The Morgan fingerprint density at radius 2 is 1.91 bits per heavy atom. The SMILES string of the molecule is COC(=O)N1CCC(NC(=O)N(CC2CC2C)C(C)C)CC1. The largest absolute Gasteiger partial charge is 0.453 e. The zero-order valence-corrected chi connectivity index (χ0v) is 14.2. The van der Waals surface area contributed by atoms with Crippen molar-refractivity contribution in [2.24, 2.45) is 11.8 Å². The van der Waals surface area contributed by atoms with E-state index in [9.17, 15) is 9.59 Å². The molecule has 6 heteroatoms. The van der Waals surface area contributed by atoms with E-state index in [0.29, 0.717) is 19.0 Å². The van der Waals surface area contributed by atoms with E-state index in [-0.39, 0.29) is 24.2 Å². The first kappa shape index (κ1) is 16.9. The fourth-order valence-corrected chi connectivity index (χ4v) is 3.03. The molecule has 0 spiro atoms. The Morgan fingerprint density at radius 1 is 1.32 bits per heavy atom. The summed E-state index contributed by atoms with van der Waals surface area (Å²) < 4.78 is 4.73. The van der Waals surface area contributed by atoms with Gasteiger partial charge in [-0.3, -0.25) is 0 Å². The standard InChI is InChI=1S/C16H29N3O3/c1-11(2)19(10-13-9-12(13)3)15(20)17-14-5-7-18(8-6-14)16(21)22-4/h11-14H,5-10H2,1-4H3,(H,17,20). The summed E-state index contributed by atoms with van der Waals surface area (Å²) in [6, 6.07) is 0.389. The van der Waals surface area contributed by atoms with Crippen molar-refractivity contribution < 1.29 is 14.3 Å². The van der Waals surface area contributed by atoms with E-state index in [4.69, 9.17) is 4.74 Å². The molecule has 1 N–H and O–H groups in total. The molecule has 0 aromatic heterocycles. The van der Waals surface area contributed by atoms with Crippen molar-refractivity contribution >= 4 is 12.1 Å². The van der Waals surface area contributed by atoms with Crippen LogP contribution in [0.5, 0.6) is 0 Å². The van der Waals surface area contributed by atoms with Gasteiger partial charge in [0.2, 0.25) is 0 Å². The van der Waals surface area contributed by atoms with Crippen molar-refractivity contribution in [3.05, 3.63) is 0 Å². The van der Waals surface area contributed by atoms with E-state index in [0.717, 1.165) is 25.3 Å². The van der Waals surface area contributed by atoms with Crippen molar-refractivity contribution in [1.82, 2.24) is 15.1 Å². The Bertz CT molecular complexity index is 405. The van der Waals surface area contributed by atoms with E-state index < -0.39 is 0 Å². The van der Waals surface area contributed by atoms with Crippen LogP contribution in [-0.4, -0.2) is 60.8 Å². The Balaban J connectivity index is 1.79. The van der Waals surface area contributed by atoms with Gasteiger partial charge in [0.1, 0.15) is 0 Å². The molecule has 126 valence electrons. The van der Waals surface area contributed by atoms with Gasteiger partial charge in [-0.2, -0.15) is 0 Å². The normalized spacial score (nSPS) is 25.0. The lowest BCUT2D eigenvalue weighted by Gasteiger charge is -2.34. The summed E-state index contributed by atoms with van der Waals surface area (Å²) in [5.41, 5.74) is 0. The number of piperidine rings is 1. The molecule has 3 amide bonds. The molecule has 22 heavy (non-hydrogen) atoms. The zero-order valence-electron chi connectivity index (χ0n) is 14.2. The van der Waals surface area contributed by atoms with Crippen LogP contribution in [0.1, 0.15) is 40.0 Å². The molecule has 6 nitrogen and oxygen atoms in total. The molecule has 2 rings (SSSR count). The molecule has 2 fully saturated rings. The predicted octanol–water partition coefficient (Wildman–Crippen LogP) is 2.29. The quantitative estimate of drug-likeness (QED) is 0.866. The highest BCUT2D eigenvalue weighted by atomic mass is 16.5. The van der Waals surface area contributed by atoms with Gasteiger partial charge in [-0.05, 0) is 44.9 Å². The molecule has 1 heterocycles. The summed E-state index contributed by atoms with van der Waals surface area (Å²) in [5.74, 6) is 1.41. The molecule has 0 aromatic rings. The summed E-state index contributed by atoms with van der Waals surface area (Å²) in [5, 5.41) is 3.13. The number of carbonyl (C=O) groups excluding carboxylic acids is 2. The minimum atomic E-state index is -0.281. The summed E-state index contributed by atoms with van der Waals surface area (Å²) >= 11 is 0. The summed E-state index contributed by atoms with van der Waals surface area (Å²) in [6.45, 7) is 8.49. The van der Waals surface area contributed by atoms with Gasteiger partial charge in [-0.15, -0.1) is 0 Å². The lowest BCUT2D eigenvalue weighted by molar-refractivity contribution is 0.109. The number of methoxy groups -OCH3 is 1. The number of rotatable bonds is 4. The predicted molar refractivity (Wildman–Crippen MR) is 84.6 cm³/mol. The molecular formula is C16H29N3O3. The minimum absolute atomic E-state index is 0.0330. The smallest absolute Gasteiger partial charge is 0.409 e. The number of hydrogen-bond donors (Lipinski definition) is 1. The molecule has 2 aliphatic rings. The molecule has 1 saturated heterocycles. The van der Waals surface area contributed by atoms with Crippen molar-refractivity contribution in [3.8, 4) is 0 Å². The Labute approximate surface area is 133 Å². The topological polar surface area (TPSA) is 61.9 Å². The number of ether oxygens (including phenoxy) is 1. The summed E-state index contributed by atoms with van der Waals surface area (Å²) in [7, 11) is 1.40. The molecule has 1 saturated carbocycles. The van der Waals surface area contributed by atoms with Crippen molar-refractivity contribution in [2.75, 3.05) is 26.7 Å². The lowest BCUT2D eigenvalue weighted by atomic mass is 10.1. The van der Waals surface area contributed by atoms with Gasteiger partial charge in [-0.25, -0.2) is 9.59 Å². The Kier molecular flexibility index (Phi) is 5.53. The van der Waals surface area contributed by atoms with Crippen LogP contribution in [0.3, 0.4) is 0 Å². The maximum absolute atomic E-state index is 12.5. The Hall–Kier alpha value is -1.46. The van der Waals surface area contributed by atoms with Gasteiger partial charge in [0.15, 0.2) is 0 Å². The number of hydrogen-bond acceptors (Lipinski definition) is 3. The average Bonchev–Trinajstić information content (AvgIpc) is 3.19. The van der Waals surface area contributed by atoms with E-state index in [1.54, 1.807) is 4.90 Å². The van der Waals surface area contributed by atoms with Crippen LogP contribution >= 0.6 is 0 Å². The van der Waals surface area contributed by atoms with Crippen LogP contribution in [0.4, 0.5) is 9.59 Å². The second-order valence-electron chi connectivity index (χ2n) is 6.90. The monoisotopic (exact) mass is 311 g/mol. The number of likely N-dealkylation sites (tertiary alicyclic amines) is 1. The molecule has 2 atom stereocenters. The van der Waals surface area contributed by atoms with Crippen LogP contribution in [0.2, 0.25) is 0 Å². The molecule has 1 aliphatic heterocycles. The molecule has 0 aromatic carbocycles. The van der Waals surface area contributed by atoms with Gasteiger partial charge >= 0.3 is 12.1 Å². The van der Waals surface area contributed by atoms with Gasteiger partial charge in [-0.1, -0.05) is 6.92 Å². The van der Waals surface area contributed by atoms with E-state index in [1.807, 2.05) is 4.90 Å². The molecule has 1 aliphatic carbocycles. The van der Waals surface area contributed by atoms with E-state index in [1.165, 1.54) is 13.5 Å². The zero-order chi connectivity index (χ0) is 16.3. The number of urea groups is 1. The lowest BCUT2D eigenvalue weighted by Crippen LogP contribution is -2.52. The second kappa shape index (κ2) is 7.20. The average molecular weight is 311 g/mol. The molecule has 0 radical (unpaired) electrons. The van der Waals surface area contributed by atoms with Gasteiger partial charge in [0.05, 0.1) is 7.11 Å². The van der Waals surface area contributed by atoms with Crippen LogP contribution in [0.15, 0.2) is 0 Å².